The van der Waals surface area contributed by atoms with Crippen molar-refractivity contribution >= 4 is 0 Å². The maximum absolute atomic E-state index is 9.84. The third-order valence-corrected chi connectivity index (χ3v) is 3.89. The zero-order valence-electron chi connectivity index (χ0n) is 11.0. The number of aromatic nitrogens is 2. The Morgan fingerprint density at radius 1 is 1.41 bits per heavy atom. The van der Waals surface area contributed by atoms with Gasteiger partial charge < -0.3 is 5.11 Å². The molecule has 0 saturated heterocycles. The fourth-order valence-electron chi connectivity index (χ4n) is 2.85. The molecular weight excluding hydrogens is 212 g/mol. The second kappa shape index (κ2) is 5.67. The van der Waals surface area contributed by atoms with Crippen molar-refractivity contribution in [3.05, 3.63) is 17.5 Å². The molecule has 2 atom stereocenters. The molecule has 1 saturated carbocycles. The number of nitrogens with zero attached hydrogens (tertiary/aromatic N) is 2. The van der Waals surface area contributed by atoms with Crippen LogP contribution in [-0.4, -0.2) is 21.0 Å². The zero-order valence-corrected chi connectivity index (χ0v) is 11.0. The molecule has 0 aromatic carbocycles. The molecule has 17 heavy (non-hydrogen) atoms. The minimum atomic E-state index is -0.0821. The van der Waals surface area contributed by atoms with Gasteiger partial charge in [-0.15, -0.1) is 0 Å². The van der Waals surface area contributed by atoms with Crippen molar-refractivity contribution in [3.63, 3.8) is 0 Å². The van der Waals surface area contributed by atoms with Crippen LogP contribution < -0.4 is 0 Å². The van der Waals surface area contributed by atoms with E-state index in [0.29, 0.717) is 5.92 Å². The van der Waals surface area contributed by atoms with Crippen LogP contribution in [0, 0.1) is 5.92 Å². The SMILES string of the molecule is CCc1cc(CC2CCCCC(O)C2)n(C)n1. The monoisotopic (exact) mass is 236 g/mol. The summed E-state index contributed by atoms with van der Waals surface area (Å²) in [5.74, 6) is 0.632. The van der Waals surface area contributed by atoms with E-state index in [0.717, 1.165) is 25.7 Å². The van der Waals surface area contributed by atoms with Crippen molar-refractivity contribution < 1.29 is 5.11 Å². The van der Waals surface area contributed by atoms with Gasteiger partial charge in [-0.1, -0.05) is 19.8 Å². The molecule has 1 aromatic heterocycles. The summed E-state index contributed by atoms with van der Waals surface area (Å²) in [6, 6.07) is 2.22. The van der Waals surface area contributed by atoms with Crippen LogP contribution in [0.5, 0.6) is 0 Å². The summed E-state index contributed by atoms with van der Waals surface area (Å²) in [7, 11) is 2.03. The number of aryl methyl sites for hydroxylation is 2. The Labute approximate surface area is 104 Å². The van der Waals surface area contributed by atoms with Gasteiger partial charge in [0.25, 0.3) is 0 Å². The molecule has 1 aliphatic rings. The maximum Gasteiger partial charge on any atom is 0.0624 e. The molecule has 2 rings (SSSR count). The normalized spacial score (nSPS) is 25.8. The quantitative estimate of drug-likeness (QED) is 0.819. The van der Waals surface area contributed by atoms with Crippen molar-refractivity contribution in [1.82, 2.24) is 9.78 Å². The van der Waals surface area contributed by atoms with Crippen molar-refractivity contribution in [3.8, 4) is 0 Å². The van der Waals surface area contributed by atoms with Crippen LogP contribution >= 0.6 is 0 Å². The van der Waals surface area contributed by atoms with Crippen LogP contribution in [0.4, 0.5) is 0 Å². The Balaban J connectivity index is 2.00. The molecule has 0 radical (unpaired) electrons. The summed E-state index contributed by atoms with van der Waals surface area (Å²) >= 11 is 0. The van der Waals surface area contributed by atoms with Gasteiger partial charge in [0.05, 0.1) is 11.8 Å². The van der Waals surface area contributed by atoms with Gasteiger partial charge in [-0.3, -0.25) is 4.68 Å². The molecule has 3 nitrogen and oxygen atoms in total. The van der Waals surface area contributed by atoms with Crippen molar-refractivity contribution in [1.29, 1.82) is 0 Å². The minimum Gasteiger partial charge on any atom is -0.393 e. The Bertz CT molecular complexity index is 359. The van der Waals surface area contributed by atoms with E-state index in [4.69, 9.17) is 0 Å². The van der Waals surface area contributed by atoms with Crippen LogP contribution in [0.25, 0.3) is 0 Å². The topological polar surface area (TPSA) is 38.0 Å². The average molecular weight is 236 g/mol. The van der Waals surface area contributed by atoms with Gasteiger partial charge in [0, 0.05) is 12.7 Å². The number of rotatable bonds is 3. The van der Waals surface area contributed by atoms with Crippen molar-refractivity contribution in [2.75, 3.05) is 0 Å². The predicted octanol–water partition coefficient (Wildman–Crippen LogP) is 2.47. The van der Waals surface area contributed by atoms with Crippen LogP contribution in [-0.2, 0) is 19.9 Å². The Morgan fingerprint density at radius 2 is 2.18 bits per heavy atom. The molecule has 1 N–H and O–H groups in total. The lowest BCUT2D eigenvalue weighted by atomic mass is 9.94. The minimum absolute atomic E-state index is 0.0821. The Hall–Kier alpha value is -0.830. The molecular formula is C14H24N2O. The van der Waals surface area contributed by atoms with Crippen LogP contribution in [0.15, 0.2) is 6.07 Å². The summed E-state index contributed by atoms with van der Waals surface area (Å²) in [6.45, 7) is 2.14. The summed E-state index contributed by atoms with van der Waals surface area (Å²) in [5, 5.41) is 14.3. The zero-order chi connectivity index (χ0) is 12.3. The van der Waals surface area contributed by atoms with E-state index >= 15 is 0 Å². The van der Waals surface area contributed by atoms with Gasteiger partial charge >= 0.3 is 0 Å². The van der Waals surface area contributed by atoms with E-state index in [9.17, 15) is 5.11 Å². The molecule has 2 unspecified atom stereocenters. The largest absolute Gasteiger partial charge is 0.393 e. The third-order valence-electron chi connectivity index (χ3n) is 3.89. The summed E-state index contributed by atoms with van der Waals surface area (Å²) in [5.41, 5.74) is 2.50. The van der Waals surface area contributed by atoms with Crippen LogP contribution in [0.1, 0.15) is 50.4 Å². The molecule has 0 bridgehead atoms. The first-order valence-corrected chi connectivity index (χ1v) is 6.89. The molecule has 0 aliphatic heterocycles. The fraction of sp³-hybridized carbons (Fsp3) is 0.786. The molecule has 1 heterocycles. The highest BCUT2D eigenvalue weighted by Gasteiger charge is 2.20. The highest BCUT2D eigenvalue weighted by atomic mass is 16.3. The van der Waals surface area contributed by atoms with Gasteiger partial charge in [0.15, 0.2) is 0 Å². The summed E-state index contributed by atoms with van der Waals surface area (Å²) < 4.78 is 2.01. The van der Waals surface area contributed by atoms with E-state index in [1.165, 1.54) is 30.7 Å². The van der Waals surface area contributed by atoms with Crippen LogP contribution in [0.2, 0.25) is 0 Å². The number of aliphatic hydroxyl groups excluding tert-OH is 1. The standard InChI is InChI=1S/C14H24N2O/c1-3-12-10-13(16(2)15-12)8-11-6-4-5-7-14(17)9-11/h10-11,14,17H,3-9H2,1-2H3. The van der Waals surface area contributed by atoms with Gasteiger partial charge in [0.2, 0.25) is 0 Å². The molecule has 3 heteroatoms. The first-order chi connectivity index (χ1) is 8.19. The lowest BCUT2D eigenvalue weighted by Crippen LogP contribution is -2.14. The lowest BCUT2D eigenvalue weighted by Gasteiger charge is -2.16. The number of hydrogen-bond donors (Lipinski definition) is 1. The molecule has 1 aromatic rings. The molecule has 0 spiro atoms. The predicted molar refractivity (Wildman–Crippen MR) is 68.9 cm³/mol. The summed E-state index contributed by atoms with van der Waals surface area (Å²) in [4.78, 5) is 0. The molecule has 1 aliphatic carbocycles. The second-order valence-corrected chi connectivity index (χ2v) is 5.35. The average Bonchev–Trinajstić information content (AvgIpc) is 2.52. The fourth-order valence-corrected chi connectivity index (χ4v) is 2.85. The van der Waals surface area contributed by atoms with E-state index < -0.39 is 0 Å². The van der Waals surface area contributed by atoms with E-state index in [-0.39, 0.29) is 6.10 Å². The van der Waals surface area contributed by atoms with E-state index in [1.807, 2.05) is 11.7 Å². The van der Waals surface area contributed by atoms with Gasteiger partial charge in [-0.2, -0.15) is 5.10 Å². The maximum atomic E-state index is 9.84. The molecule has 0 amide bonds. The second-order valence-electron chi connectivity index (χ2n) is 5.35. The van der Waals surface area contributed by atoms with Crippen molar-refractivity contribution in [2.45, 2.75) is 58.0 Å². The number of hydrogen-bond acceptors (Lipinski definition) is 2. The molecule has 1 fully saturated rings. The van der Waals surface area contributed by atoms with Gasteiger partial charge in [-0.25, -0.2) is 0 Å². The Morgan fingerprint density at radius 3 is 2.88 bits per heavy atom. The van der Waals surface area contributed by atoms with E-state index in [1.54, 1.807) is 0 Å². The van der Waals surface area contributed by atoms with E-state index in [2.05, 4.69) is 18.1 Å². The molecule has 96 valence electrons. The summed E-state index contributed by atoms with van der Waals surface area (Å²) in [6.07, 6.45) is 7.64. The Kier molecular flexibility index (Phi) is 4.21. The van der Waals surface area contributed by atoms with Gasteiger partial charge in [0.1, 0.15) is 0 Å². The number of aliphatic hydroxyl groups is 1. The smallest absolute Gasteiger partial charge is 0.0624 e. The van der Waals surface area contributed by atoms with Crippen molar-refractivity contribution in [2.24, 2.45) is 13.0 Å². The first kappa shape index (κ1) is 12.6. The van der Waals surface area contributed by atoms with Gasteiger partial charge in [-0.05, 0) is 44.1 Å². The van der Waals surface area contributed by atoms with Crippen LogP contribution in [0.3, 0.4) is 0 Å². The highest BCUT2D eigenvalue weighted by Crippen LogP contribution is 2.26. The third kappa shape index (κ3) is 3.32. The highest BCUT2D eigenvalue weighted by molar-refractivity contribution is 5.11. The first-order valence-electron chi connectivity index (χ1n) is 6.89. The lowest BCUT2D eigenvalue weighted by molar-refractivity contribution is 0.141.